The van der Waals surface area contributed by atoms with Crippen LogP contribution in [0.15, 0.2) is 69.9 Å². The summed E-state index contributed by atoms with van der Waals surface area (Å²) in [6.07, 6.45) is 22.2. The van der Waals surface area contributed by atoms with Crippen LogP contribution in [0, 0.1) is 33.5 Å². The summed E-state index contributed by atoms with van der Waals surface area (Å²) in [5.41, 5.74) is 12.4. The number of nitrogens with two attached hydrogens (primary N) is 1. The molecule has 2 saturated carbocycles. The van der Waals surface area contributed by atoms with E-state index in [0.717, 1.165) is 51.4 Å². The number of ketones is 2. The lowest BCUT2D eigenvalue weighted by Gasteiger charge is -2.54. The first-order valence-electron chi connectivity index (χ1n) is 20.9. The molecule has 0 aliphatic heterocycles. The van der Waals surface area contributed by atoms with Gasteiger partial charge in [-0.05, 0) is 124 Å². The number of Topliss-reactive ketones (excluding diaryl/α,β-unsaturated/α-hetero) is 1. The highest BCUT2D eigenvalue weighted by atomic mass is 16.5. The number of hydrogen-bond acceptors (Lipinski definition) is 7. The van der Waals surface area contributed by atoms with Crippen molar-refractivity contribution in [2.75, 3.05) is 19.8 Å². The lowest BCUT2D eigenvalue weighted by atomic mass is 9.50. The molecule has 6 aliphatic rings. The molecule has 298 valence electrons. The van der Waals surface area contributed by atoms with E-state index in [2.05, 4.69) is 85.8 Å². The number of carbonyl (C=O) groups excluding carboxylic acids is 2. The van der Waals surface area contributed by atoms with Crippen LogP contribution in [0.5, 0.6) is 0 Å². The standard InChI is InChI=1S/C47H69NO6/c1-30-23-35(50)26-43(3,4)38(30)11-9-10-12-39-31(2)24-36(27-44(39,5)6)54-22-18-33(48)28-53-29-42(51)47(52)21-17-41-37-14-13-32-25-34(49)15-19-45(32,7)40(37)16-20-46(41,47)8/h9-12,16,25,33,35-37,41,50,52H,13-15,17-24,26-29,48H2,1-8H3/b11-9+,12-10+/t33?,35-,36-,37?,41?,45+,46+,47+/m1/s1. The van der Waals surface area contributed by atoms with E-state index in [1.54, 1.807) is 0 Å². The zero-order valence-electron chi connectivity index (χ0n) is 34.6. The maximum absolute atomic E-state index is 13.7. The van der Waals surface area contributed by atoms with E-state index in [4.69, 9.17) is 15.2 Å². The molecule has 7 heteroatoms. The van der Waals surface area contributed by atoms with Crippen molar-refractivity contribution in [2.24, 2.45) is 39.2 Å². The summed E-state index contributed by atoms with van der Waals surface area (Å²) < 4.78 is 12.3. The van der Waals surface area contributed by atoms with Gasteiger partial charge in [0, 0.05) is 29.9 Å². The molecule has 0 bridgehead atoms. The Morgan fingerprint density at radius 2 is 1.63 bits per heavy atom. The SMILES string of the molecule is CC1=C(/C=C/C=C/C2=C(C)C[C@@H](OCCC(N)COCC(=O)[C@@]3(O)CCC4C5CCC6=CC(=O)CC[C@]6(C)C5=CC[C@@]43C)CC2(C)C)C(C)(C)C[C@H](O)C1. The predicted molar refractivity (Wildman–Crippen MR) is 216 cm³/mol. The van der Waals surface area contributed by atoms with Crippen LogP contribution in [0.3, 0.4) is 0 Å². The zero-order valence-corrected chi connectivity index (χ0v) is 34.6. The molecular formula is C47H69NO6. The first-order chi connectivity index (χ1) is 25.3. The molecule has 2 fully saturated rings. The van der Waals surface area contributed by atoms with Gasteiger partial charge in [0.2, 0.25) is 0 Å². The highest BCUT2D eigenvalue weighted by Crippen LogP contribution is 2.65. The average molecular weight is 744 g/mol. The first kappa shape index (κ1) is 41.2. The van der Waals surface area contributed by atoms with Crippen molar-refractivity contribution in [3.63, 3.8) is 0 Å². The van der Waals surface area contributed by atoms with Crippen LogP contribution in [0.25, 0.3) is 0 Å². The molecule has 0 amide bonds. The lowest BCUT2D eigenvalue weighted by Crippen LogP contribution is -2.55. The predicted octanol–water partition coefficient (Wildman–Crippen LogP) is 8.60. The van der Waals surface area contributed by atoms with E-state index in [9.17, 15) is 19.8 Å². The number of fused-ring (bicyclic) bond motifs is 5. The fraction of sp³-hybridized carbons (Fsp3) is 0.702. The Hall–Kier alpha value is -2.42. The number of carbonyl (C=O) groups is 2. The van der Waals surface area contributed by atoms with Crippen LogP contribution in [0.4, 0.5) is 0 Å². The van der Waals surface area contributed by atoms with Gasteiger partial charge in [0.05, 0.1) is 18.8 Å². The summed E-state index contributed by atoms with van der Waals surface area (Å²) in [4.78, 5) is 25.9. The van der Waals surface area contributed by atoms with Gasteiger partial charge in [-0.25, -0.2) is 0 Å². The van der Waals surface area contributed by atoms with E-state index in [0.29, 0.717) is 38.2 Å². The van der Waals surface area contributed by atoms with Gasteiger partial charge < -0.3 is 25.4 Å². The number of rotatable bonds is 12. The Morgan fingerprint density at radius 3 is 2.30 bits per heavy atom. The average Bonchev–Trinajstić information content (AvgIpc) is 3.35. The van der Waals surface area contributed by atoms with Crippen LogP contribution in [0.1, 0.15) is 132 Å². The smallest absolute Gasteiger partial charge is 0.190 e. The molecule has 0 aromatic carbocycles. The van der Waals surface area contributed by atoms with Crippen molar-refractivity contribution in [2.45, 2.75) is 156 Å². The Bertz CT molecular complexity index is 1670. The van der Waals surface area contributed by atoms with Crippen molar-refractivity contribution >= 4 is 11.6 Å². The van der Waals surface area contributed by atoms with Crippen LogP contribution >= 0.6 is 0 Å². The third kappa shape index (κ3) is 7.79. The molecule has 0 aromatic heterocycles. The maximum Gasteiger partial charge on any atom is 0.190 e. The van der Waals surface area contributed by atoms with Crippen LogP contribution in [-0.2, 0) is 19.1 Å². The highest BCUT2D eigenvalue weighted by Gasteiger charge is 2.64. The molecule has 3 unspecified atom stereocenters. The molecule has 4 N–H and O–H groups in total. The van der Waals surface area contributed by atoms with Crippen LogP contribution in [0.2, 0.25) is 0 Å². The second-order valence-corrected chi connectivity index (χ2v) is 19.7. The molecule has 6 rings (SSSR count). The third-order valence-electron chi connectivity index (χ3n) is 14.9. The molecule has 0 heterocycles. The summed E-state index contributed by atoms with van der Waals surface area (Å²) in [6.45, 7) is 18.4. The lowest BCUT2D eigenvalue weighted by molar-refractivity contribution is -0.157. The highest BCUT2D eigenvalue weighted by molar-refractivity contribution is 5.92. The second kappa shape index (κ2) is 15.5. The summed E-state index contributed by atoms with van der Waals surface area (Å²) >= 11 is 0. The van der Waals surface area contributed by atoms with Gasteiger partial charge in [-0.15, -0.1) is 0 Å². The Morgan fingerprint density at radius 1 is 0.963 bits per heavy atom. The molecule has 0 aromatic rings. The fourth-order valence-corrected chi connectivity index (χ4v) is 12.0. The number of aliphatic hydroxyl groups is 2. The monoisotopic (exact) mass is 744 g/mol. The van der Waals surface area contributed by atoms with Crippen molar-refractivity contribution in [1.29, 1.82) is 0 Å². The first-order valence-corrected chi connectivity index (χ1v) is 20.9. The molecule has 54 heavy (non-hydrogen) atoms. The summed E-state index contributed by atoms with van der Waals surface area (Å²) in [5.74, 6) is 0.601. The van der Waals surface area contributed by atoms with Crippen LogP contribution in [-0.4, -0.2) is 65.5 Å². The second-order valence-electron chi connectivity index (χ2n) is 19.7. The van der Waals surface area contributed by atoms with Crippen molar-refractivity contribution in [3.05, 3.63) is 69.9 Å². The van der Waals surface area contributed by atoms with E-state index >= 15 is 0 Å². The summed E-state index contributed by atoms with van der Waals surface area (Å²) in [6, 6.07) is -0.262. The zero-order chi connectivity index (χ0) is 39.3. The number of allylic oxidation sites excluding steroid dienone is 10. The molecule has 7 nitrogen and oxygen atoms in total. The fourth-order valence-electron chi connectivity index (χ4n) is 12.0. The quantitative estimate of drug-likeness (QED) is 0.135. The number of hydrogen-bond donors (Lipinski definition) is 3. The van der Waals surface area contributed by atoms with Gasteiger partial charge in [0.15, 0.2) is 11.6 Å². The van der Waals surface area contributed by atoms with Gasteiger partial charge in [-0.3, -0.25) is 9.59 Å². The number of ether oxygens (including phenoxy) is 2. The topological polar surface area (TPSA) is 119 Å². The molecular weight excluding hydrogens is 675 g/mol. The van der Waals surface area contributed by atoms with Gasteiger partial charge in [0.1, 0.15) is 12.2 Å². The van der Waals surface area contributed by atoms with Gasteiger partial charge >= 0.3 is 0 Å². The maximum atomic E-state index is 13.7. The Labute approximate surface area is 325 Å². The van der Waals surface area contributed by atoms with Crippen molar-refractivity contribution < 1.29 is 29.3 Å². The number of aliphatic hydroxyl groups excluding tert-OH is 1. The van der Waals surface area contributed by atoms with Gasteiger partial charge in [0.25, 0.3) is 0 Å². The Balaban J connectivity index is 0.961. The summed E-state index contributed by atoms with van der Waals surface area (Å²) in [5, 5.41) is 22.3. The van der Waals surface area contributed by atoms with Crippen molar-refractivity contribution in [3.8, 4) is 0 Å². The Kier molecular flexibility index (Phi) is 11.8. The molecule has 0 radical (unpaired) electrons. The van der Waals surface area contributed by atoms with E-state index in [1.165, 1.54) is 33.4 Å². The molecule has 0 spiro atoms. The molecule has 8 atom stereocenters. The van der Waals surface area contributed by atoms with E-state index in [-0.39, 0.29) is 65.2 Å². The minimum Gasteiger partial charge on any atom is -0.393 e. The van der Waals surface area contributed by atoms with Crippen molar-refractivity contribution in [1.82, 2.24) is 0 Å². The third-order valence-corrected chi connectivity index (χ3v) is 14.9. The summed E-state index contributed by atoms with van der Waals surface area (Å²) in [7, 11) is 0. The minimum absolute atomic E-state index is 0.0244. The van der Waals surface area contributed by atoms with E-state index in [1.807, 2.05) is 6.08 Å². The van der Waals surface area contributed by atoms with Gasteiger partial charge in [-0.2, -0.15) is 0 Å². The van der Waals surface area contributed by atoms with Gasteiger partial charge in [-0.1, -0.05) is 94.2 Å². The minimum atomic E-state index is -1.41. The largest absolute Gasteiger partial charge is 0.393 e. The van der Waals surface area contributed by atoms with E-state index < -0.39 is 11.0 Å². The van der Waals surface area contributed by atoms with Crippen LogP contribution < -0.4 is 5.73 Å². The molecule has 0 saturated heterocycles. The normalized spacial score (nSPS) is 36.9. The molecule has 6 aliphatic carbocycles.